The molecule has 2 atom stereocenters. The molecule has 3 nitrogen and oxygen atoms in total. The van der Waals surface area contributed by atoms with Gasteiger partial charge in [0.2, 0.25) is 0 Å². The Morgan fingerprint density at radius 3 is 2.39 bits per heavy atom. The summed E-state index contributed by atoms with van der Waals surface area (Å²) in [5, 5.41) is 0. The fourth-order valence-corrected chi connectivity index (χ4v) is 3.39. The van der Waals surface area contributed by atoms with Crippen molar-refractivity contribution < 1.29 is 14.3 Å². The van der Waals surface area contributed by atoms with Crippen LogP contribution in [0.1, 0.15) is 18.4 Å². The highest BCUT2D eigenvalue weighted by atomic mass is 16.5. The average molecular weight is 244 g/mol. The molecule has 1 aromatic rings. The number of hydrogen-bond donors (Lipinski definition) is 0. The second kappa shape index (κ2) is 3.87. The summed E-state index contributed by atoms with van der Waals surface area (Å²) in [7, 11) is 3.26. The van der Waals surface area contributed by atoms with Gasteiger partial charge in [0.25, 0.3) is 0 Å². The number of ketones is 1. The van der Waals surface area contributed by atoms with Crippen LogP contribution in [0.25, 0.3) is 0 Å². The molecule has 0 aromatic heterocycles. The molecule has 0 unspecified atom stereocenters. The Bertz CT molecular complexity index is 518. The number of fused-ring (bicyclic) bond motifs is 1. The van der Waals surface area contributed by atoms with Gasteiger partial charge >= 0.3 is 0 Å². The second-order valence-electron chi connectivity index (χ2n) is 4.86. The monoisotopic (exact) mass is 244 g/mol. The lowest BCUT2D eigenvalue weighted by molar-refractivity contribution is -0.136. The van der Waals surface area contributed by atoms with Crippen LogP contribution in [0.5, 0.6) is 0 Å². The molecule has 2 aliphatic rings. The van der Waals surface area contributed by atoms with Gasteiger partial charge in [-0.05, 0) is 11.5 Å². The molecule has 1 fully saturated rings. The number of benzene rings is 1. The molecule has 1 aromatic carbocycles. The van der Waals surface area contributed by atoms with Crippen LogP contribution in [0.2, 0.25) is 0 Å². The number of allylic oxidation sites excluding steroid dienone is 2. The molecule has 0 radical (unpaired) electrons. The van der Waals surface area contributed by atoms with E-state index in [1.165, 1.54) is 0 Å². The van der Waals surface area contributed by atoms with E-state index < -0.39 is 5.41 Å². The molecule has 3 heteroatoms. The summed E-state index contributed by atoms with van der Waals surface area (Å²) in [4.78, 5) is 12.3. The maximum atomic E-state index is 12.3. The smallest absolute Gasteiger partial charge is 0.151 e. The van der Waals surface area contributed by atoms with Crippen molar-refractivity contribution in [2.75, 3.05) is 14.2 Å². The first-order valence-corrected chi connectivity index (χ1v) is 6.15. The quantitative estimate of drug-likeness (QED) is 0.819. The van der Waals surface area contributed by atoms with E-state index in [4.69, 9.17) is 9.47 Å². The Morgan fingerprint density at radius 2 is 1.83 bits per heavy atom. The first-order valence-electron chi connectivity index (χ1n) is 6.15. The number of carbonyl (C=O) groups is 1. The van der Waals surface area contributed by atoms with Gasteiger partial charge in [-0.25, -0.2) is 0 Å². The molecule has 0 spiro atoms. The highest BCUT2D eigenvalue weighted by Crippen LogP contribution is 2.59. The SMILES string of the molecule is COC1=C(OC)[C@]2(c3ccccc3)C(=O)C[C@@H]2C1. The van der Waals surface area contributed by atoms with Crippen molar-refractivity contribution in [1.82, 2.24) is 0 Å². The third kappa shape index (κ3) is 1.17. The average Bonchev–Trinajstić information content (AvgIpc) is 2.67. The Morgan fingerprint density at radius 1 is 1.11 bits per heavy atom. The van der Waals surface area contributed by atoms with Gasteiger partial charge < -0.3 is 9.47 Å². The van der Waals surface area contributed by atoms with Gasteiger partial charge in [-0.15, -0.1) is 0 Å². The molecular formula is C15H16O3. The summed E-state index contributed by atoms with van der Waals surface area (Å²) in [6.45, 7) is 0. The molecule has 0 bridgehead atoms. The van der Waals surface area contributed by atoms with E-state index in [0.29, 0.717) is 12.2 Å². The Hall–Kier alpha value is -1.77. The van der Waals surface area contributed by atoms with E-state index in [1.807, 2.05) is 30.3 Å². The minimum atomic E-state index is -0.582. The van der Waals surface area contributed by atoms with Crippen molar-refractivity contribution >= 4 is 5.78 Å². The van der Waals surface area contributed by atoms with Gasteiger partial charge in [-0.2, -0.15) is 0 Å². The molecular weight excluding hydrogens is 228 g/mol. The van der Waals surface area contributed by atoms with Crippen molar-refractivity contribution in [3.05, 3.63) is 47.4 Å². The molecule has 0 aliphatic heterocycles. The van der Waals surface area contributed by atoms with Gasteiger partial charge in [0.05, 0.1) is 14.2 Å². The van der Waals surface area contributed by atoms with E-state index >= 15 is 0 Å². The normalized spacial score (nSPS) is 29.9. The predicted octanol–water partition coefficient (Wildman–Crippen LogP) is 2.42. The van der Waals surface area contributed by atoms with Gasteiger partial charge in [-0.3, -0.25) is 4.79 Å². The Labute approximate surface area is 106 Å². The van der Waals surface area contributed by atoms with Crippen LogP contribution in [0.4, 0.5) is 0 Å². The zero-order valence-corrected chi connectivity index (χ0v) is 10.6. The minimum absolute atomic E-state index is 0.239. The van der Waals surface area contributed by atoms with Gasteiger partial charge in [-0.1, -0.05) is 30.3 Å². The molecule has 18 heavy (non-hydrogen) atoms. The first kappa shape index (κ1) is 11.3. The van der Waals surface area contributed by atoms with Crippen molar-refractivity contribution in [2.24, 2.45) is 5.92 Å². The van der Waals surface area contributed by atoms with E-state index in [-0.39, 0.29) is 11.7 Å². The Balaban J connectivity index is 2.18. The molecule has 1 saturated carbocycles. The fraction of sp³-hybridized carbons (Fsp3) is 0.400. The largest absolute Gasteiger partial charge is 0.498 e. The highest BCUT2D eigenvalue weighted by Gasteiger charge is 2.64. The first-order chi connectivity index (χ1) is 8.75. The van der Waals surface area contributed by atoms with E-state index in [1.54, 1.807) is 14.2 Å². The lowest BCUT2D eigenvalue weighted by Crippen LogP contribution is -2.52. The number of methoxy groups -OCH3 is 2. The van der Waals surface area contributed by atoms with E-state index in [0.717, 1.165) is 17.7 Å². The molecule has 0 heterocycles. The van der Waals surface area contributed by atoms with Crippen molar-refractivity contribution in [1.29, 1.82) is 0 Å². The number of carbonyl (C=O) groups excluding carboxylic acids is 1. The van der Waals surface area contributed by atoms with Gasteiger partial charge in [0, 0.05) is 12.8 Å². The van der Waals surface area contributed by atoms with Crippen molar-refractivity contribution in [2.45, 2.75) is 18.3 Å². The highest BCUT2D eigenvalue weighted by molar-refractivity contribution is 6.00. The topological polar surface area (TPSA) is 35.5 Å². The fourth-order valence-electron chi connectivity index (χ4n) is 3.39. The zero-order valence-electron chi connectivity index (χ0n) is 10.6. The maximum absolute atomic E-state index is 12.3. The Kier molecular flexibility index (Phi) is 2.44. The summed E-state index contributed by atoms with van der Waals surface area (Å²) < 4.78 is 10.9. The van der Waals surface area contributed by atoms with Crippen LogP contribution in [0, 0.1) is 5.92 Å². The van der Waals surface area contributed by atoms with E-state index in [2.05, 4.69) is 0 Å². The van der Waals surface area contributed by atoms with E-state index in [9.17, 15) is 4.79 Å². The van der Waals surface area contributed by atoms with Crippen LogP contribution < -0.4 is 0 Å². The summed E-state index contributed by atoms with van der Waals surface area (Å²) in [6.07, 6.45) is 1.41. The lowest BCUT2D eigenvalue weighted by Gasteiger charge is -2.44. The maximum Gasteiger partial charge on any atom is 0.151 e. The third-order valence-electron chi connectivity index (χ3n) is 4.21. The number of ether oxygens (including phenoxy) is 2. The standard InChI is InChI=1S/C15H16O3/c1-17-12-8-11-9-13(16)15(11,14(12)18-2)10-6-4-3-5-7-10/h3-7,11H,8-9H2,1-2H3/t11-,15-/m0/s1. The van der Waals surface area contributed by atoms with Crippen molar-refractivity contribution in [3.8, 4) is 0 Å². The molecule has 94 valence electrons. The number of Topliss-reactive ketones (excluding diaryl/α,β-unsaturated/α-hetero) is 1. The summed E-state index contributed by atoms with van der Waals surface area (Å²) >= 11 is 0. The van der Waals surface area contributed by atoms with Crippen LogP contribution in [-0.4, -0.2) is 20.0 Å². The predicted molar refractivity (Wildman–Crippen MR) is 66.9 cm³/mol. The van der Waals surface area contributed by atoms with Gasteiger partial charge in [0.1, 0.15) is 11.2 Å². The van der Waals surface area contributed by atoms with Crippen LogP contribution in [-0.2, 0) is 19.7 Å². The summed E-state index contributed by atoms with van der Waals surface area (Å²) in [6, 6.07) is 9.89. The number of hydrogen-bond acceptors (Lipinski definition) is 3. The third-order valence-corrected chi connectivity index (χ3v) is 4.21. The molecule has 0 saturated heterocycles. The van der Waals surface area contributed by atoms with Gasteiger partial charge in [0.15, 0.2) is 11.5 Å². The van der Waals surface area contributed by atoms with Crippen LogP contribution >= 0.6 is 0 Å². The summed E-state index contributed by atoms with van der Waals surface area (Å²) in [5.74, 6) is 2.05. The number of rotatable bonds is 3. The molecule has 3 rings (SSSR count). The van der Waals surface area contributed by atoms with Crippen LogP contribution in [0.3, 0.4) is 0 Å². The summed E-state index contributed by atoms with van der Waals surface area (Å²) in [5.41, 5.74) is 0.441. The second-order valence-corrected chi connectivity index (χ2v) is 4.86. The minimum Gasteiger partial charge on any atom is -0.498 e. The molecule has 0 amide bonds. The lowest BCUT2D eigenvalue weighted by atomic mass is 9.57. The van der Waals surface area contributed by atoms with Crippen LogP contribution in [0.15, 0.2) is 41.9 Å². The molecule has 0 N–H and O–H groups in total. The molecule has 2 aliphatic carbocycles. The zero-order chi connectivity index (χ0) is 12.8. The van der Waals surface area contributed by atoms with Crippen molar-refractivity contribution in [3.63, 3.8) is 0 Å².